The summed E-state index contributed by atoms with van der Waals surface area (Å²) in [5, 5.41) is 7.82. The van der Waals surface area contributed by atoms with Gasteiger partial charge in [0.1, 0.15) is 0 Å². The second-order valence-electron chi connectivity index (χ2n) is 5.76. The quantitative estimate of drug-likeness (QED) is 0.548. The largest absolute Gasteiger partial charge is 0.493 e. The molecule has 1 aromatic carbocycles. The molecule has 0 fully saturated rings. The minimum absolute atomic E-state index is 0.649. The maximum absolute atomic E-state index is 5.34. The Morgan fingerprint density at radius 1 is 1.19 bits per heavy atom. The monoisotopic (exact) mass is 376 g/mol. The molecule has 0 spiro atoms. The fraction of sp³-hybridized carbons (Fsp3) is 0.474. The zero-order valence-electron chi connectivity index (χ0n) is 16.2. The topological polar surface area (TPSA) is 67.8 Å². The summed E-state index contributed by atoms with van der Waals surface area (Å²) in [4.78, 5) is 10.3. The number of guanidine groups is 1. The molecule has 6 nitrogen and oxygen atoms in total. The number of ether oxygens (including phenoxy) is 2. The number of aromatic nitrogens is 1. The smallest absolute Gasteiger partial charge is 0.191 e. The van der Waals surface area contributed by atoms with E-state index in [2.05, 4.69) is 34.5 Å². The number of rotatable bonds is 8. The zero-order chi connectivity index (χ0) is 18.9. The number of thiazole rings is 1. The third-order valence-electron chi connectivity index (χ3n) is 4.03. The summed E-state index contributed by atoms with van der Waals surface area (Å²) in [5.74, 6) is 2.22. The van der Waals surface area contributed by atoms with Gasteiger partial charge in [-0.3, -0.25) is 4.99 Å². The summed E-state index contributed by atoms with van der Waals surface area (Å²) < 4.78 is 10.6. The molecule has 0 aliphatic heterocycles. The third-order valence-corrected chi connectivity index (χ3v) is 5.11. The number of nitrogens with zero attached hydrogens (tertiary/aromatic N) is 2. The molecule has 0 aliphatic carbocycles. The molecule has 0 saturated heterocycles. The van der Waals surface area contributed by atoms with Gasteiger partial charge in [0.2, 0.25) is 0 Å². The highest BCUT2D eigenvalue weighted by molar-refractivity contribution is 7.11. The average Bonchev–Trinajstić information content (AvgIpc) is 3.03. The van der Waals surface area contributed by atoms with Crippen LogP contribution in [-0.2, 0) is 19.4 Å². The van der Waals surface area contributed by atoms with Gasteiger partial charge in [0.05, 0.1) is 24.9 Å². The highest BCUT2D eigenvalue weighted by Crippen LogP contribution is 2.27. The van der Waals surface area contributed by atoms with E-state index in [9.17, 15) is 0 Å². The van der Waals surface area contributed by atoms with E-state index in [-0.39, 0.29) is 0 Å². The minimum atomic E-state index is 0.649. The van der Waals surface area contributed by atoms with Gasteiger partial charge in [-0.05, 0) is 31.0 Å². The van der Waals surface area contributed by atoms with E-state index in [1.807, 2.05) is 18.2 Å². The van der Waals surface area contributed by atoms with Gasteiger partial charge in [-0.25, -0.2) is 4.98 Å². The third kappa shape index (κ3) is 5.36. The van der Waals surface area contributed by atoms with Crippen LogP contribution in [0.4, 0.5) is 0 Å². The summed E-state index contributed by atoms with van der Waals surface area (Å²) in [7, 11) is 5.04. The molecule has 2 rings (SSSR count). The first kappa shape index (κ1) is 20.0. The molecule has 1 aromatic heterocycles. The lowest BCUT2D eigenvalue weighted by Crippen LogP contribution is -2.37. The van der Waals surface area contributed by atoms with Crippen molar-refractivity contribution >= 4 is 17.3 Å². The Hall–Kier alpha value is -2.28. The van der Waals surface area contributed by atoms with Crippen LogP contribution in [0.25, 0.3) is 0 Å². The normalized spacial score (nSPS) is 11.3. The molecule has 0 amide bonds. The summed E-state index contributed by atoms with van der Waals surface area (Å²) in [5.41, 5.74) is 2.30. The zero-order valence-corrected chi connectivity index (χ0v) is 17.0. The number of aliphatic imine (C=N–C) groups is 1. The Morgan fingerprint density at radius 3 is 2.58 bits per heavy atom. The van der Waals surface area contributed by atoms with Crippen molar-refractivity contribution in [1.29, 1.82) is 0 Å². The molecule has 142 valence electrons. The maximum atomic E-state index is 5.34. The lowest BCUT2D eigenvalue weighted by molar-refractivity contribution is 0.354. The van der Waals surface area contributed by atoms with Gasteiger partial charge in [-0.15, -0.1) is 11.3 Å². The molecule has 2 aromatic rings. The molecule has 0 bridgehead atoms. The van der Waals surface area contributed by atoms with Crippen LogP contribution < -0.4 is 20.1 Å². The summed E-state index contributed by atoms with van der Waals surface area (Å²) >= 11 is 1.78. The van der Waals surface area contributed by atoms with Crippen LogP contribution in [0.1, 0.15) is 28.1 Å². The standard InChI is InChI=1S/C19H28N4O2S/c1-6-15-13(2)26-18(23-15)9-10-21-19(20-3)22-12-14-7-8-16(24-4)17(11-14)25-5/h7-8,11H,6,9-10,12H2,1-5H3,(H2,20,21,22). The average molecular weight is 377 g/mol. The predicted octanol–water partition coefficient (Wildman–Crippen LogP) is 2.94. The van der Waals surface area contributed by atoms with Crippen LogP contribution in [-0.4, -0.2) is 38.8 Å². The van der Waals surface area contributed by atoms with Gasteiger partial charge in [-0.2, -0.15) is 0 Å². The number of benzene rings is 1. The SMILES string of the molecule is CCc1nc(CCNC(=NC)NCc2ccc(OC)c(OC)c2)sc1C. The fourth-order valence-corrected chi connectivity index (χ4v) is 3.63. The van der Waals surface area contributed by atoms with Crippen molar-refractivity contribution in [1.82, 2.24) is 15.6 Å². The molecule has 2 N–H and O–H groups in total. The molecular weight excluding hydrogens is 348 g/mol. The molecule has 26 heavy (non-hydrogen) atoms. The van der Waals surface area contributed by atoms with Gasteiger partial charge in [0, 0.05) is 31.4 Å². The first-order chi connectivity index (χ1) is 12.6. The van der Waals surface area contributed by atoms with Gasteiger partial charge < -0.3 is 20.1 Å². The summed E-state index contributed by atoms with van der Waals surface area (Å²) in [6.45, 7) is 5.72. The van der Waals surface area contributed by atoms with E-state index < -0.39 is 0 Å². The number of methoxy groups -OCH3 is 2. The number of hydrogen-bond acceptors (Lipinski definition) is 5. The van der Waals surface area contributed by atoms with Crippen molar-refractivity contribution in [3.05, 3.63) is 39.3 Å². The number of aryl methyl sites for hydroxylation is 2. The Balaban J connectivity index is 1.84. The van der Waals surface area contributed by atoms with Crippen molar-refractivity contribution in [2.45, 2.75) is 33.2 Å². The first-order valence-electron chi connectivity index (χ1n) is 8.71. The maximum Gasteiger partial charge on any atom is 0.191 e. The van der Waals surface area contributed by atoms with Crippen LogP contribution in [0.2, 0.25) is 0 Å². The minimum Gasteiger partial charge on any atom is -0.493 e. The second kappa shape index (κ2) is 10.0. The molecule has 0 saturated carbocycles. The molecule has 0 unspecified atom stereocenters. The van der Waals surface area contributed by atoms with Gasteiger partial charge in [0.25, 0.3) is 0 Å². The van der Waals surface area contributed by atoms with Crippen LogP contribution in [0.15, 0.2) is 23.2 Å². The van der Waals surface area contributed by atoms with Crippen LogP contribution >= 0.6 is 11.3 Å². The molecule has 1 heterocycles. The lowest BCUT2D eigenvalue weighted by atomic mass is 10.2. The predicted molar refractivity (Wildman–Crippen MR) is 108 cm³/mol. The lowest BCUT2D eigenvalue weighted by Gasteiger charge is -2.13. The Kier molecular flexibility index (Phi) is 7.72. The van der Waals surface area contributed by atoms with Crippen molar-refractivity contribution in [2.24, 2.45) is 4.99 Å². The highest BCUT2D eigenvalue weighted by Gasteiger charge is 2.07. The molecule has 0 aliphatic rings. The van der Waals surface area contributed by atoms with E-state index >= 15 is 0 Å². The molecular formula is C19H28N4O2S. The van der Waals surface area contributed by atoms with E-state index in [0.29, 0.717) is 6.54 Å². The molecule has 0 radical (unpaired) electrons. The van der Waals surface area contributed by atoms with Crippen LogP contribution in [0.3, 0.4) is 0 Å². The highest BCUT2D eigenvalue weighted by atomic mass is 32.1. The number of hydrogen-bond donors (Lipinski definition) is 2. The van der Waals surface area contributed by atoms with Crippen LogP contribution in [0, 0.1) is 6.92 Å². The van der Waals surface area contributed by atoms with Crippen molar-refractivity contribution in [2.75, 3.05) is 27.8 Å². The van der Waals surface area contributed by atoms with Crippen molar-refractivity contribution < 1.29 is 9.47 Å². The molecule has 7 heteroatoms. The second-order valence-corrected chi connectivity index (χ2v) is 7.04. The van der Waals surface area contributed by atoms with E-state index in [1.54, 1.807) is 32.6 Å². The first-order valence-corrected chi connectivity index (χ1v) is 9.53. The van der Waals surface area contributed by atoms with Crippen molar-refractivity contribution in [3.63, 3.8) is 0 Å². The Bertz CT molecular complexity index is 743. The van der Waals surface area contributed by atoms with Gasteiger partial charge in [-0.1, -0.05) is 13.0 Å². The van der Waals surface area contributed by atoms with E-state index in [1.165, 1.54) is 15.6 Å². The summed E-state index contributed by atoms with van der Waals surface area (Å²) in [6, 6.07) is 5.87. The van der Waals surface area contributed by atoms with Gasteiger partial charge >= 0.3 is 0 Å². The number of nitrogens with one attached hydrogen (secondary N) is 2. The fourth-order valence-electron chi connectivity index (χ4n) is 2.61. The van der Waals surface area contributed by atoms with Gasteiger partial charge in [0.15, 0.2) is 17.5 Å². The van der Waals surface area contributed by atoms with E-state index in [0.717, 1.165) is 42.4 Å². The van der Waals surface area contributed by atoms with Crippen molar-refractivity contribution in [3.8, 4) is 11.5 Å². The Labute approximate surface area is 159 Å². The summed E-state index contributed by atoms with van der Waals surface area (Å²) in [6.07, 6.45) is 1.88. The van der Waals surface area contributed by atoms with E-state index in [4.69, 9.17) is 9.47 Å². The van der Waals surface area contributed by atoms with Crippen LogP contribution in [0.5, 0.6) is 11.5 Å². The molecule has 0 atom stereocenters. The Morgan fingerprint density at radius 2 is 1.96 bits per heavy atom.